The van der Waals surface area contributed by atoms with Gasteiger partial charge in [-0.15, -0.1) is 11.8 Å². The Hall–Kier alpha value is -3.70. The van der Waals surface area contributed by atoms with E-state index in [9.17, 15) is 13.6 Å². The highest BCUT2D eigenvalue weighted by molar-refractivity contribution is 7.98. The van der Waals surface area contributed by atoms with E-state index in [0.717, 1.165) is 38.4 Å². The number of nitrogens with zero attached hydrogens (tertiary/aromatic N) is 2. The van der Waals surface area contributed by atoms with E-state index in [0.29, 0.717) is 0 Å². The lowest BCUT2D eigenvalue weighted by Crippen LogP contribution is -2.41. The highest BCUT2D eigenvalue weighted by Gasteiger charge is 2.45. The maximum Gasteiger partial charge on any atom is 0.249 e. The third-order valence-electron chi connectivity index (χ3n) is 6.92. The van der Waals surface area contributed by atoms with Crippen molar-refractivity contribution in [3.05, 3.63) is 84.2 Å². The molecule has 0 unspecified atom stereocenters. The molecule has 1 aliphatic rings. The van der Waals surface area contributed by atoms with Gasteiger partial charge in [0.2, 0.25) is 11.8 Å². The zero-order chi connectivity index (χ0) is 25.8. The second kappa shape index (κ2) is 10.7. The van der Waals surface area contributed by atoms with E-state index in [1.807, 2.05) is 48.5 Å². The second-order valence-electron chi connectivity index (χ2n) is 9.34. The first-order valence-electron chi connectivity index (χ1n) is 12.2. The van der Waals surface area contributed by atoms with Gasteiger partial charge in [-0.1, -0.05) is 42.5 Å². The van der Waals surface area contributed by atoms with Gasteiger partial charge in [0.25, 0.3) is 0 Å². The molecule has 0 bridgehead atoms. The molecule has 1 heterocycles. The van der Waals surface area contributed by atoms with Crippen LogP contribution in [0.4, 0.5) is 8.78 Å². The molecule has 37 heavy (non-hydrogen) atoms. The van der Waals surface area contributed by atoms with Crippen LogP contribution < -0.4 is 5.32 Å². The van der Waals surface area contributed by atoms with Crippen molar-refractivity contribution < 1.29 is 13.6 Å². The number of H-pyrrole nitrogens is 1. The summed E-state index contributed by atoms with van der Waals surface area (Å²) in [6, 6.07) is 24.0. The molecule has 4 aromatic rings. The lowest BCUT2D eigenvalue weighted by atomic mass is 9.72. The number of thioether (sulfide) groups is 1. The van der Waals surface area contributed by atoms with Gasteiger partial charge < -0.3 is 10.3 Å². The molecule has 5 nitrogen and oxygen atoms in total. The Kier molecular flexibility index (Phi) is 7.24. The van der Waals surface area contributed by atoms with Gasteiger partial charge >= 0.3 is 0 Å². The number of aromatic nitrogens is 2. The average molecular weight is 517 g/mol. The summed E-state index contributed by atoms with van der Waals surface area (Å²) in [5.41, 5.74) is 5.98. The predicted molar refractivity (Wildman–Crippen MR) is 141 cm³/mol. The van der Waals surface area contributed by atoms with Gasteiger partial charge in [-0.2, -0.15) is 5.26 Å². The summed E-state index contributed by atoms with van der Waals surface area (Å²) in [7, 11) is 0. The highest BCUT2D eigenvalue weighted by atomic mass is 32.2. The summed E-state index contributed by atoms with van der Waals surface area (Å²) < 4.78 is 28.6. The number of benzene rings is 3. The lowest BCUT2D eigenvalue weighted by Gasteiger charge is -2.36. The minimum absolute atomic E-state index is 0.190. The maximum atomic E-state index is 14.3. The number of nitrogens with one attached hydrogen (secondary N) is 2. The molecular formula is C29H26F2N4OS. The van der Waals surface area contributed by atoms with Crippen molar-refractivity contribution in [1.82, 2.24) is 15.3 Å². The van der Waals surface area contributed by atoms with Crippen LogP contribution >= 0.6 is 11.8 Å². The number of aromatic amines is 1. The molecule has 0 spiro atoms. The molecule has 2 N–H and O–H groups in total. The molecule has 1 aliphatic carbocycles. The van der Waals surface area contributed by atoms with Crippen molar-refractivity contribution in [2.75, 3.05) is 6.54 Å². The molecule has 2 atom stereocenters. The van der Waals surface area contributed by atoms with Crippen LogP contribution in [0.1, 0.15) is 36.3 Å². The molecule has 1 fully saturated rings. The number of alkyl halides is 2. The maximum absolute atomic E-state index is 14.3. The Bertz CT molecular complexity index is 1440. The Morgan fingerprint density at radius 3 is 2.78 bits per heavy atom. The van der Waals surface area contributed by atoms with Crippen molar-refractivity contribution in [1.29, 1.82) is 5.26 Å². The van der Waals surface area contributed by atoms with E-state index < -0.39 is 24.2 Å². The molecule has 3 aromatic carbocycles. The SMILES string of the molecule is N#CCNC(=O)[C@@H]1CC(F)(F)CC[C@H]1c1ccccc1-c1ccc(SCc2ccc3nc[nH]c3c2)cc1. The molecule has 188 valence electrons. The van der Waals surface area contributed by atoms with Crippen LogP contribution in [0.3, 0.4) is 0 Å². The molecule has 0 radical (unpaired) electrons. The van der Waals surface area contributed by atoms with Gasteiger partial charge in [0.05, 0.1) is 29.3 Å². The van der Waals surface area contributed by atoms with Crippen LogP contribution in [-0.2, 0) is 10.5 Å². The first kappa shape index (κ1) is 25.0. The number of halogens is 2. The molecular weight excluding hydrogens is 490 g/mol. The smallest absolute Gasteiger partial charge is 0.249 e. The molecule has 0 aliphatic heterocycles. The molecule has 1 aromatic heterocycles. The molecule has 8 heteroatoms. The third kappa shape index (κ3) is 5.67. The van der Waals surface area contributed by atoms with Crippen molar-refractivity contribution in [3.63, 3.8) is 0 Å². The number of amides is 1. The number of hydrogen-bond acceptors (Lipinski definition) is 4. The van der Waals surface area contributed by atoms with Crippen LogP contribution in [0.2, 0.25) is 0 Å². The first-order valence-corrected chi connectivity index (χ1v) is 13.2. The fourth-order valence-electron chi connectivity index (χ4n) is 5.09. The van der Waals surface area contributed by atoms with E-state index >= 15 is 0 Å². The highest BCUT2D eigenvalue weighted by Crippen LogP contribution is 2.47. The number of hydrogen-bond donors (Lipinski definition) is 2. The van der Waals surface area contributed by atoms with Gasteiger partial charge in [-0.05, 0) is 58.9 Å². The van der Waals surface area contributed by atoms with Gasteiger partial charge in [-0.3, -0.25) is 4.79 Å². The summed E-state index contributed by atoms with van der Waals surface area (Å²) in [4.78, 5) is 21.3. The molecule has 5 rings (SSSR count). The Morgan fingerprint density at radius 1 is 1.16 bits per heavy atom. The molecule has 0 saturated heterocycles. The Labute approximate surface area is 218 Å². The van der Waals surface area contributed by atoms with Crippen molar-refractivity contribution >= 4 is 28.7 Å². The summed E-state index contributed by atoms with van der Waals surface area (Å²) in [5.74, 6) is -3.79. The van der Waals surface area contributed by atoms with Crippen LogP contribution in [0.25, 0.3) is 22.2 Å². The normalized spacial score (nSPS) is 18.8. The number of fused-ring (bicyclic) bond motifs is 1. The zero-order valence-corrected chi connectivity index (χ0v) is 20.9. The summed E-state index contributed by atoms with van der Waals surface area (Å²) in [6.07, 6.45) is 1.14. The van der Waals surface area contributed by atoms with Crippen LogP contribution in [-0.4, -0.2) is 28.3 Å². The summed E-state index contributed by atoms with van der Waals surface area (Å²) in [5, 5.41) is 11.3. The van der Waals surface area contributed by atoms with Crippen LogP contribution in [0.5, 0.6) is 0 Å². The van der Waals surface area contributed by atoms with Gasteiger partial charge in [-0.25, -0.2) is 13.8 Å². The van der Waals surface area contributed by atoms with Crippen LogP contribution in [0, 0.1) is 17.2 Å². The summed E-state index contributed by atoms with van der Waals surface area (Å²) in [6.45, 7) is -0.190. The van der Waals surface area contributed by atoms with E-state index in [1.54, 1.807) is 18.1 Å². The number of imidazole rings is 1. The average Bonchev–Trinajstić information content (AvgIpc) is 3.38. The number of rotatable bonds is 7. The minimum Gasteiger partial charge on any atom is -0.345 e. The minimum atomic E-state index is -2.89. The van der Waals surface area contributed by atoms with E-state index in [4.69, 9.17) is 5.26 Å². The van der Waals surface area contributed by atoms with E-state index in [1.165, 1.54) is 5.56 Å². The summed E-state index contributed by atoms with van der Waals surface area (Å²) >= 11 is 1.74. The topological polar surface area (TPSA) is 81.6 Å². The third-order valence-corrected chi connectivity index (χ3v) is 8.00. The first-order chi connectivity index (χ1) is 17.9. The fraction of sp³-hybridized carbons (Fsp3) is 0.276. The van der Waals surface area contributed by atoms with E-state index in [2.05, 4.69) is 39.6 Å². The van der Waals surface area contributed by atoms with Gasteiger partial charge in [0.15, 0.2) is 0 Å². The number of carbonyl (C=O) groups excluding carboxylic acids is 1. The zero-order valence-electron chi connectivity index (χ0n) is 20.1. The fourth-order valence-corrected chi connectivity index (χ4v) is 5.93. The largest absolute Gasteiger partial charge is 0.345 e. The Morgan fingerprint density at radius 2 is 1.97 bits per heavy atom. The van der Waals surface area contributed by atoms with Crippen molar-refractivity contribution in [2.45, 2.75) is 41.8 Å². The Balaban J connectivity index is 1.35. The van der Waals surface area contributed by atoms with Gasteiger partial charge in [0.1, 0.15) is 6.54 Å². The second-order valence-corrected chi connectivity index (χ2v) is 10.4. The van der Waals surface area contributed by atoms with Gasteiger partial charge in [0, 0.05) is 23.5 Å². The monoisotopic (exact) mass is 516 g/mol. The van der Waals surface area contributed by atoms with Crippen molar-refractivity contribution in [3.8, 4) is 17.2 Å². The van der Waals surface area contributed by atoms with Crippen LogP contribution in [0.15, 0.2) is 78.0 Å². The lowest BCUT2D eigenvalue weighted by molar-refractivity contribution is -0.133. The number of nitriles is 1. The molecule has 1 amide bonds. The number of carbonyl (C=O) groups is 1. The quantitative estimate of drug-likeness (QED) is 0.212. The standard InChI is InChI=1S/C29H26F2N4OS/c30-29(31)12-11-24(25(16-29)28(36)33-14-13-32)23-4-2-1-3-22(23)20-6-8-21(9-7-20)37-17-19-5-10-26-27(15-19)35-18-34-26/h1-10,15,18,24-25H,11-12,14,16-17H2,(H,33,36)(H,34,35)/t24-,25+/m0/s1. The predicted octanol–water partition coefficient (Wildman–Crippen LogP) is 6.68. The van der Waals surface area contributed by atoms with Crippen molar-refractivity contribution in [2.24, 2.45) is 5.92 Å². The van der Waals surface area contributed by atoms with E-state index in [-0.39, 0.29) is 25.3 Å². The molecule has 1 saturated carbocycles.